The standard InChI is InChI=1S/C66H125NO5/c1-3-5-7-9-11-13-15-16-17-29-33-36-40-44-48-52-56-60-66(71)72-61-57-53-49-45-41-37-34-31-28-26-24-22-20-18-19-21-23-25-27-30-32-35-39-43-47-51-55-59-65(70)67-63(62-68)64(69)58-54-50-46-42-38-14-12-10-8-6-4-2/h11,13,16-19,63-64,68-69H,3-10,12,14-15,20-62H2,1-2H3,(H,67,70)/b13-11-,17-16-,19-18-. The molecule has 0 spiro atoms. The van der Waals surface area contributed by atoms with Crippen LogP contribution in [0.1, 0.15) is 348 Å². The van der Waals surface area contributed by atoms with Gasteiger partial charge in [-0.2, -0.15) is 0 Å². The van der Waals surface area contributed by atoms with Gasteiger partial charge in [0.05, 0.1) is 25.4 Å². The molecule has 0 fully saturated rings. The lowest BCUT2D eigenvalue weighted by molar-refractivity contribution is -0.143. The average Bonchev–Trinajstić information content (AvgIpc) is 3.38. The predicted molar refractivity (Wildman–Crippen MR) is 315 cm³/mol. The molecule has 0 saturated carbocycles. The third-order valence-corrected chi connectivity index (χ3v) is 14.9. The molecule has 6 nitrogen and oxygen atoms in total. The number of aliphatic hydroxyl groups is 2. The van der Waals surface area contributed by atoms with Gasteiger partial charge in [0.25, 0.3) is 0 Å². The van der Waals surface area contributed by atoms with Crippen LogP contribution in [0.5, 0.6) is 0 Å². The van der Waals surface area contributed by atoms with E-state index in [1.54, 1.807) is 0 Å². The second-order valence-corrected chi connectivity index (χ2v) is 22.1. The minimum atomic E-state index is -0.663. The van der Waals surface area contributed by atoms with Crippen molar-refractivity contribution < 1.29 is 24.5 Å². The number of unbranched alkanes of at least 4 members (excludes halogenated alkanes) is 43. The van der Waals surface area contributed by atoms with E-state index in [-0.39, 0.29) is 18.5 Å². The quantitative estimate of drug-likeness (QED) is 0.0320. The largest absolute Gasteiger partial charge is 0.466 e. The first-order valence-corrected chi connectivity index (χ1v) is 32.2. The summed E-state index contributed by atoms with van der Waals surface area (Å²) in [5.74, 6) is -0.0287. The molecule has 0 bridgehead atoms. The third kappa shape index (κ3) is 57.4. The van der Waals surface area contributed by atoms with Gasteiger partial charge in [0.2, 0.25) is 5.91 Å². The van der Waals surface area contributed by atoms with Crippen LogP contribution in [-0.4, -0.2) is 47.4 Å². The molecule has 424 valence electrons. The van der Waals surface area contributed by atoms with Gasteiger partial charge < -0.3 is 20.3 Å². The van der Waals surface area contributed by atoms with Gasteiger partial charge in [-0.1, -0.05) is 288 Å². The van der Waals surface area contributed by atoms with Crippen molar-refractivity contribution in [2.24, 2.45) is 0 Å². The molecule has 0 heterocycles. The Hall–Kier alpha value is -1.92. The van der Waals surface area contributed by atoms with E-state index in [1.807, 2.05) is 0 Å². The smallest absolute Gasteiger partial charge is 0.305 e. The van der Waals surface area contributed by atoms with Crippen LogP contribution in [0.3, 0.4) is 0 Å². The molecular weight excluding hydrogens is 887 g/mol. The van der Waals surface area contributed by atoms with Crippen LogP contribution in [0.2, 0.25) is 0 Å². The Bertz CT molecular complexity index is 1170. The summed E-state index contributed by atoms with van der Waals surface area (Å²) in [5, 5.41) is 23.2. The van der Waals surface area contributed by atoms with E-state index in [4.69, 9.17) is 4.74 Å². The average molecular weight is 1010 g/mol. The SMILES string of the molecule is CCCCC/C=C\C/C=C\CCCCCCCCCC(=O)OCCCCCCCCCCCCCC/C=C\CCCCCCCCCCCCCC(=O)NC(CO)C(O)CCCCCCCCCCCCC. The fourth-order valence-corrected chi connectivity index (χ4v) is 9.96. The molecule has 0 rings (SSSR count). The minimum Gasteiger partial charge on any atom is -0.466 e. The van der Waals surface area contributed by atoms with E-state index in [9.17, 15) is 19.8 Å². The molecule has 0 aromatic heterocycles. The van der Waals surface area contributed by atoms with Crippen LogP contribution in [0.4, 0.5) is 0 Å². The second kappa shape index (κ2) is 61.6. The summed E-state index contributed by atoms with van der Waals surface area (Å²) in [4.78, 5) is 24.5. The van der Waals surface area contributed by atoms with E-state index < -0.39 is 12.1 Å². The number of nitrogens with one attached hydrogen (secondary N) is 1. The summed E-state index contributed by atoms with van der Waals surface area (Å²) in [6.45, 7) is 4.93. The molecule has 0 aliphatic rings. The summed E-state index contributed by atoms with van der Waals surface area (Å²) in [6.07, 6.45) is 77.4. The molecule has 0 aliphatic heterocycles. The number of amides is 1. The summed E-state index contributed by atoms with van der Waals surface area (Å²) < 4.78 is 5.49. The fourth-order valence-electron chi connectivity index (χ4n) is 9.96. The number of esters is 1. The van der Waals surface area contributed by atoms with E-state index >= 15 is 0 Å². The lowest BCUT2D eigenvalue weighted by Crippen LogP contribution is -2.45. The molecule has 0 radical (unpaired) electrons. The third-order valence-electron chi connectivity index (χ3n) is 14.9. The van der Waals surface area contributed by atoms with Crippen molar-refractivity contribution in [3.8, 4) is 0 Å². The molecule has 0 aromatic carbocycles. The van der Waals surface area contributed by atoms with Crippen molar-refractivity contribution in [3.05, 3.63) is 36.5 Å². The number of aliphatic hydroxyl groups excluding tert-OH is 2. The van der Waals surface area contributed by atoms with Gasteiger partial charge in [0, 0.05) is 12.8 Å². The van der Waals surface area contributed by atoms with Gasteiger partial charge in [-0.05, 0) is 83.5 Å². The molecule has 3 N–H and O–H groups in total. The number of ether oxygens (including phenoxy) is 1. The van der Waals surface area contributed by atoms with Crippen molar-refractivity contribution in [3.63, 3.8) is 0 Å². The zero-order chi connectivity index (χ0) is 52.2. The van der Waals surface area contributed by atoms with Gasteiger partial charge in [-0.15, -0.1) is 0 Å². The lowest BCUT2D eigenvalue weighted by Gasteiger charge is -2.22. The van der Waals surface area contributed by atoms with Gasteiger partial charge in [-0.3, -0.25) is 9.59 Å². The molecule has 2 atom stereocenters. The molecular formula is C66H125NO5. The van der Waals surface area contributed by atoms with Crippen LogP contribution in [0, 0.1) is 0 Å². The fraction of sp³-hybridized carbons (Fsp3) is 0.879. The summed E-state index contributed by atoms with van der Waals surface area (Å²) in [7, 11) is 0. The second-order valence-electron chi connectivity index (χ2n) is 22.1. The maximum Gasteiger partial charge on any atom is 0.305 e. The number of allylic oxidation sites excluding steroid dienone is 6. The van der Waals surface area contributed by atoms with Crippen molar-refractivity contribution >= 4 is 11.9 Å². The zero-order valence-electron chi connectivity index (χ0n) is 48.4. The highest BCUT2D eigenvalue weighted by Crippen LogP contribution is 2.17. The molecule has 2 unspecified atom stereocenters. The minimum absolute atomic E-state index is 0.00738. The first-order chi connectivity index (χ1) is 35.5. The number of hydrogen-bond donors (Lipinski definition) is 3. The first-order valence-electron chi connectivity index (χ1n) is 32.2. The van der Waals surface area contributed by atoms with Crippen molar-refractivity contribution in [1.29, 1.82) is 0 Å². The molecule has 0 aromatic rings. The Morgan fingerprint density at radius 3 is 1.10 bits per heavy atom. The summed E-state index contributed by atoms with van der Waals surface area (Å²) in [5.41, 5.74) is 0. The van der Waals surface area contributed by atoms with Crippen LogP contribution in [-0.2, 0) is 14.3 Å². The van der Waals surface area contributed by atoms with Gasteiger partial charge >= 0.3 is 5.97 Å². The van der Waals surface area contributed by atoms with Gasteiger partial charge in [-0.25, -0.2) is 0 Å². The van der Waals surface area contributed by atoms with Crippen LogP contribution in [0.15, 0.2) is 36.5 Å². The van der Waals surface area contributed by atoms with Crippen molar-refractivity contribution in [2.45, 2.75) is 360 Å². The van der Waals surface area contributed by atoms with Gasteiger partial charge in [0.1, 0.15) is 0 Å². The highest BCUT2D eigenvalue weighted by atomic mass is 16.5. The Balaban J connectivity index is 3.36. The monoisotopic (exact) mass is 1010 g/mol. The van der Waals surface area contributed by atoms with Crippen LogP contribution >= 0.6 is 0 Å². The molecule has 1 amide bonds. The normalized spacial score (nSPS) is 12.8. The number of carbonyl (C=O) groups excluding carboxylic acids is 2. The van der Waals surface area contributed by atoms with Crippen LogP contribution in [0.25, 0.3) is 0 Å². The number of carbonyl (C=O) groups is 2. The predicted octanol–water partition coefficient (Wildman–Crippen LogP) is 20.4. The molecule has 0 saturated heterocycles. The van der Waals surface area contributed by atoms with Gasteiger partial charge in [0.15, 0.2) is 0 Å². The molecule has 72 heavy (non-hydrogen) atoms. The Kier molecular flexibility index (Phi) is 60.0. The summed E-state index contributed by atoms with van der Waals surface area (Å²) in [6, 6.07) is -0.541. The highest BCUT2D eigenvalue weighted by Gasteiger charge is 2.20. The highest BCUT2D eigenvalue weighted by molar-refractivity contribution is 5.76. The Morgan fingerprint density at radius 1 is 0.389 bits per heavy atom. The Morgan fingerprint density at radius 2 is 0.694 bits per heavy atom. The summed E-state index contributed by atoms with van der Waals surface area (Å²) >= 11 is 0. The maximum atomic E-state index is 12.4. The number of rotatable bonds is 60. The number of hydrogen-bond acceptors (Lipinski definition) is 5. The van der Waals surface area contributed by atoms with Crippen molar-refractivity contribution in [1.82, 2.24) is 5.32 Å². The molecule has 0 aliphatic carbocycles. The zero-order valence-corrected chi connectivity index (χ0v) is 48.4. The van der Waals surface area contributed by atoms with E-state index in [2.05, 4.69) is 55.6 Å². The first kappa shape index (κ1) is 70.1. The Labute approximate surface area is 449 Å². The topological polar surface area (TPSA) is 95.9 Å². The van der Waals surface area contributed by atoms with Crippen molar-refractivity contribution in [2.75, 3.05) is 13.2 Å². The maximum absolute atomic E-state index is 12.4. The lowest BCUT2D eigenvalue weighted by atomic mass is 10.0. The van der Waals surface area contributed by atoms with Crippen LogP contribution < -0.4 is 5.32 Å². The van der Waals surface area contributed by atoms with E-state index in [0.29, 0.717) is 25.9 Å². The van der Waals surface area contributed by atoms with E-state index in [0.717, 1.165) is 51.4 Å². The van der Waals surface area contributed by atoms with E-state index in [1.165, 1.54) is 263 Å². The molecule has 6 heteroatoms.